The first-order valence-electron chi connectivity index (χ1n) is 7.66. The van der Waals surface area contributed by atoms with E-state index in [-0.39, 0.29) is 21.3 Å². The van der Waals surface area contributed by atoms with Gasteiger partial charge >= 0.3 is 0 Å². The maximum atomic E-state index is 12.5. The first-order chi connectivity index (χ1) is 13.4. The molecule has 11 heteroatoms. The van der Waals surface area contributed by atoms with Gasteiger partial charge in [-0.05, 0) is 42.1 Å². The van der Waals surface area contributed by atoms with Crippen LogP contribution in [0, 0.1) is 20.2 Å². The molecule has 0 aliphatic carbocycles. The number of carbonyl (C=O) groups is 1. The van der Waals surface area contributed by atoms with Crippen LogP contribution in [-0.4, -0.2) is 31.3 Å². The van der Waals surface area contributed by atoms with Crippen molar-refractivity contribution in [2.24, 2.45) is 5.10 Å². The zero-order valence-corrected chi connectivity index (χ0v) is 15.6. The number of carbonyl (C=O) groups excluding carboxylic acids is 1. The predicted molar refractivity (Wildman–Crippen MR) is 109 cm³/mol. The smallest absolute Gasteiger partial charge is 0.266 e. The summed E-state index contributed by atoms with van der Waals surface area (Å²) in [5.74, 6) is -0.483. The van der Waals surface area contributed by atoms with Crippen molar-refractivity contribution < 1.29 is 14.6 Å². The highest BCUT2D eigenvalue weighted by Gasteiger charge is 2.32. The number of amides is 1. The van der Waals surface area contributed by atoms with Crippen LogP contribution in [0.3, 0.4) is 0 Å². The normalized spacial score (nSPS) is 15.6. The van der Waals surface area contributed by atoms with Gasteiger partial charge in [0.15, 0.2) is 4.32 Å². The Bertz CT molecular complexity index is 1050. The van der Waals surface area contributed by atoms with Crippen LogP contribution in [0.15, 0.2) is 58.5 Å². The van der Waals surface area contributed by atoms with Crippen molar-refractivity contribution in [2.45, 2.75) is 0 Å². The topological polar surface area (TPSA) is 119 Å². The number of thioether (sulfide) groups is 1. The largest absolute Gasteiger partial charge is 0.286 e. The van der Waals surface area contributed by atoms with Crippen molar-refractivity contribution in [2.75, 3.05) is 0 Å². The van der Waals surface area contributed by atoms with Crippen molar-refractivity contribution in [3.05, 3.63) is 84.8 Å². The molecule has 0 atom stereocenters. The highest BCUT2D eigenvalue weighted by molar-refractivity contribution is 8.26. The van der Waals surface area contributed by atoms with E-state index in [4.69, 9.17) is 12.2 Å². The number of nitro groups is 2. The Hall–Kier alpha value is -3.44. The third kappa shape index (κ3) is 4.10. The van der Waals surface area contributed by atoms with Gasteiger partial charge in [0.25, 0.3) is 17.3 Å². The summed E-state index contributed by atoms with van der Waals surface area (Å²) < 4.78 is 0.174. The van der Waals surface area contributed by atoms with Crippen molar-refractivity contribution >= 4 is 57.9 Å². The van der Waals surface area contributed by atoms with E-state index in [1.54, 1.807) is 12.1 Å². The van der Waals surface area contributed by atoms with Crippen LogP contribution >= 0.6 is 24.0 Å². The van der Waals surface area contributed by atoms with Crippen LogP contribution in [0.2, 0.25) is 0 Å². The SMILES string of the molecule is O=C1/C(=C\c2ccc([N+](=O)[O-])cc2)SC(=S)N1/N=C/c1ccccc1[N+](=O)[O-]. The monoisotopic (exact) mass is 414 g/mol. The Morgan fingerprint density at radius 2 is 1.71 bits per heavy atom. The zero-order chi connectivity index (χ0) is 20.3. The van der Waals surface area contributed by atoms with Crippen LogP contribution in [-0.2, 0) is 4.79 Å². The molecule has 0 saturated carbocycles. The molecule has 1 saturated heterocycles. The van der Waals surface area contributed by atoms with Gasteiger partial charge in [-0.25, -0.2) is 0 Å². The fraction of sp³-hybridized carbons (Fsp3) is 0. The number of hydrogen-bond donors (Lipinski definition) is 0. The second-order valence-corrected chi connectivity index (χ2v) is 7.08. The number of hydrogen-bond acceptors (Lipinski definition) is 8. The minimum Gasteiger partial charge on any atom is -0.266 e. The number of thiocarbonyl (C=S) groups is 1. The Morgan fingerprint density at radius 1 is 1.04 bits per heavy atom. The summed E-state index contributed by atoms with van der Waals surface area (Å²) in [6, 6.07) is 11.7. The van der Waals surface area contributed by atoms with E-state index in [1.165, 1.54) is 48.7 Å². The molecule has 1 fully saturated rings. The van der Waals surface area contributed by atoms with Crippen LogP contribution in [0.4, 0.5) is 11.4 Å². The van der Waals surface area contributed by atoms with Crippen LogP contribution < -0.4 is 0 Å². The molecule has 9 nitrogen and oxygen atoms in total. The molecule has 1 amide bonds. The van der Waals surface area contributed by atoms with Gasteiger partial charge in [0.2, 0.25) is 0 Å². The quantitative estimate of drug-likeness (QED) is 0.240. The average molecular weight is 414 g/mol. The van der Waals surface area contributed by atoms with Gasteiger partial charge in [-0.3, -0.25) is 25.0 Å². The van der Waals surface area contributed by atoms with E-state index in [1.807, 2.05) is 0 Å². The molecule has 1 aliphatic rings. The van der Waals surface area contributed by atoms with Gasteiger partial charge < -0.3 is 0 Å². The Balaban J connectivity index is 1.82. The van der Waals surface area contributed by atoms with E-state index < -0.39 is 15.8 Å². The first kappa shape index (κ1) is 19.3. The van der Waals surface area contributed by atoms with E-state index in [9.17, 15) is 25.0 Å². The summed E-state index contributed by atoms with van der Waals surface area (Å²) in [6.07, 6.45) is 2.75. The molecule has 2 aromatic rings. The fourth-order valence-corrected chi connectivity index (χ4v) is 3.46. The fourth-order valence-electron chi connectivity index (χ4n) is 2.29. The van der Waals surface area contributed by atoms with Gasteiger partial charge in [-0.2, -0.15) is 10.1 Å². The Kier molecular flexibility index (Phi) is 5.57. The predicted octanol–water partition coefficient (Wildman–Crippen LogP) is 3.74. The van der Waals surface area contributed by atoms with E-state index in [0.717, 1.165) is 16.8 Å². The van der Waals surface area contributed by atoms with Gasteiger partial charge in [-0.15, -0.1) is 0 Å². The number of rotatable bonds is 5. The summed E-state index contributed by atoms with van der Waals surface area (Å²) in [7, 11) is 0. The molecular formula is C17H10N4O5S2. The second kappa shape index (κ2) is 8.06. The highest BCUT2D eigenvalue weighted by Crippen LogP contribution is 2.33. The molecule has 3 rings (SSSR count). The number of nitro benzene ring substituents is 2. The number of non-ortho nitro benzene ring substituents is 1. The summed E-state index contributed by atoms with van der Waals surface area (Å²) in [6.45, 7) is 0. The Labute approximate surface area is 167 Å². The molecule has 0 radical (unpaired) electrons. The molecule has 140 valence electrons. The van der Waals surface area contributed by atoms with Crippen molar-refractivity contribution in [3.63, 3.8) is 0 Å². The number of benzene rings is 2. The third-order valence-electron chi connectivity index (χ3n) is 3.62. The zero-order valence-electron chi connectivity index (χ0n) is 13.9. The van der Waals surface area contributed by atoms with Crippen molar-refractivity contribution in [1.82, 2.24) is 5.01 Å². The lowest BCUT2D eigenvalue weighted by Crippen LogP contribution is -2.22. The van der Waals surface area contributed by atoms with Crippen molar-refractivity contribution in [3.8, 4) is 0 Å². The van der Waals surface area contributed by atoms with Gasteiger partial charge in [0.05, 0.1) is 26.5 Å². The van der Waals surface area contributed by atoms with Gasteiger partial charge in [-0.1, -0.05) is 23.9 Å². The summed E-state index contributed by atoms with van der Waals surface area (Å²) in [5, 5.41) is 26.7. The molecular weight excluding hydrogens is 404 g/mol. The molecule has 0 spiro atoms. The molecule has 1 aliphatic heterocycles. The molecule has 28 heavy (non-hydrogen) atoms. The lowest BCUT2D eigenvalue weighted by atomic mass is 10.2. The summed E-state index contributed by atoms with van der Waals surface area (Å²) in [4.78, 5) is 33.5. The molecule has 0 aromatic heterocycles. The maximum absolute atomic E-state index is 12.5. The molecule has 0 bridgehead atoms. The standard InChI is InChI=1S/C17H10N4O5S2/c22-16-15(9-11-5-7-13(8-6-11)20(23)24)28-17(27)19(16)18-10-12-3-1-2-4-14(12)21(25)26/h1-10H/b15-9+,18-10+. The van der Waals surface area contributed by atoms with E-state index >= 15 is 0 Å². The minimum atomic E-state index is -0.542. The lowest BCUT2D eigenvalue weighted by Gasteiger charge is -2.06. The number of hydrazone groups is 1. The molecule has 1 heterocycles. The number of para-hydroxylation sites is 1. The van der Waals surface area contributed by atoms with Gasteiger partial charge in [0, 0.05) is 18.2 Å². The van der Waals surface area contributed by atoms with Crippen LogP contribution in [0.25, 0.3) is 6.08 Å². The molecule has 0 N–H and O–H groups in total. The maximum Gasteiger partial charge on any atom is 0.286 e. The third-order valence-corrected chi connectivity index (χ3v) is 4.90. The molecule has 2 aromatic carbocycles. The summed E-state index contributed by atoms with van der Waals surface area (Å²) in [5.41, 5.74) is 0.631. The summed E-state index contributed by atoms with van der Waals surface area (Å²) >= 11 is 6.18. The Morgan fingerprint density at radius 3 is 2.36 bits per heavy atom. The lowest BCUT2D eigenvalue weighted by molar-refractivity contribution is -0.385. The van der Waals surface area contributed by atoms with Crippen molar-refractivity contribution in [1.29, 1.82) is 0 Å². The minimum absolute atomic E-state index is 0.0567. The highest BCUT2D eigenvalue weighted by atomic mass is 32.2. The second-order valence-electron chi connectivity index (χ2n) is 5.40. The number of nitrogens with zero attached hydrogens (tertiary/aromatic N) is 4. The van der Waals surface area contributed by atoms with E-state index in [0.29, 0.717) is 10.5 Å². The van der Waals surface area contributed by atoms with Gasteiger partial charge in [0.1, 0.15) is 0 Å². The van der Waals surface area contributed by atoms with Crippen LogP contribution in [0.1, 0.15) is 11.1 Å². The van der Waals surface area contributed by atoms with E-state index in [2.05, 4.69) is 5.10 Å². The first-order valence-corrected chi connectivity index (χ1v) is 8.89. The molecule has 0 unspecified atom stereocenters. The average Bonchev–Trinajstić information content (AvgIpc) is 2.93. The van der Waals surface area contributed by atoms with Crippen LogP contribution in [0.5, 0.6) is 0 Å².